The van der Waals surface area contributed by atoms with Gasteiger partial charge in [0.1, 0.15) is 11.3 Å². The van der Waals surface area contributed by atoms with Crippen LogP contribution in [0.5, 0.6) is 0 Å². The van der Waals surface area contributed by atoms with Crippen molar-refractivity contribution in [2.45, 2.75) is 25.8 Å². The fraction of sp³-hybridized carbons (Fsp3) is 0.455. The number of hydrogen-bond donors (Lipinski definition) is 1. The average molecular weight is 276 g/mol. The van der Waals surface area contributed by atoms with Crippen LogP contribution < -0.4 is 0 Å². The van der Waals surface area contributed by atoms with Crippen LogP contribution in [-0.4, -0.2) is 26.2 Å². The largest absolute Gasteiger partial charge is 0.395 e. The molecule has 4 nitrogen and oxygen atoms in total. The number of aliphatic hydroxyl groups excluding tert-OH is 1. The maximum absolute atomic E-state index is 13.3. The molecule has 18 heavy (non-hydrogen) atoms. The normalized spacial score (nSPS) is 12.3. The molecule has 0 saturated heterocycles. The molecule has 0 aromatic carbocycles. The number of nitrogens with zero attached hydrogens (tertiary/aromatic N) is 3. The molecule has 1 N–H and O–H groups in total. The first-order valence-corrected chi connectivity index (χ1v) is 5.75. The zero-order valence-corrected chi connectivity index (χ0v) is 10.7. The van der Waals surface area contributed by atoms with Crippen LogP contribution in [0.4, 0.5) is 8.78 Å². The van der Waals surface area contributed by atoms with Crippen LogP contribution in [0, 0.1) is 13.8 Å². The van der Waals surface area contributed by atoms with Crippen LogP contribution in [0.1, 0.15) is 17.1 Å². The molecule has 0 aliphatic carbocycles. The third-order valence-corrected chi connectivity index (χ3v) is 2.85. The average Bonchev–Trinajstić information content (AvgIpc) is 2.54. The molecule has 0 atom stereocenters. The Morgan fingerprint density at radius 1 is 1.39 bits per heavy atom. The summed E-state index contributed by atoms with van der Waals surface area (Å²) < 4.78 is 28.3. The minimum Gasteiger partial charge on any atom is -0.395 e. The Morgan fingerprint density at radius 2 is 2.06 bits per heavy atom. The number of aryl methyl sites for hydroxylation is 2. The second kappa shape index (κ2) is 4.44. The molecule has 0 unspecified atom stereocenters. The van der Waals surface area contributed by atoms with Crippen molar-refractivity contribution in [1.82, 2.24) is 14.5 Å². The van der Waals surface area contributed by atoms with Crippen molar-refractivity contribution in [2.24, 2.45) is 0 Å². The minimum atomic E-state index is -3.49. The van der Waals surface area contributed by atoms with Crippen LogP contribution in [0.15, 0.2) is 6.07 Å². The van der Waals surface area contributed by atoms with E-state index in [2.05, 4.69) is 9.97 Å². The van der Waals surface area contributed by atoms with E-state index in [1.807, 2.05) is 0 Å². The van der Waals surface area contributed by atoms with Gasteiger partial charge in [-0.3, -0.25) is 0 Å². The smallest absolute Gasteiger partial charge is 0.350 e. The third-order valence-electron chi connectivity index (χ3n) is 2.65. The summed E-state index contributed by atoms with van der Waals surface area (Å²) in [7, 11) is 0. The van der Waals surface area contributed by atoms with Crippen LogP contribution in [0.2, 0.25) is 0 Å². The molecule has 0 aliphatic rings. The third kappa shape index (κ3) is 2.18. The van der Waals surface area contributed by atoms with Crippen LogP contribution in [0.3, 0.4) is 0 Å². The van der Waals surface area contributed by atoms with Gasteiger partial charge in [0.05, 0.1) is 12.2 Å². The minimum absolute atomic E-state index is 0.0755. The first-order valence-electron chi connectivity index (χ1n) is 5.37. The highest BCUT2D eigenvalue weighted by atomic mass is 35.5. The highest BCUT2D eigenvalue weighted by Gasteiger charge is 2.32. The van der Waals surface area contributed by atoms with Gasteiger partial charge < -0.3 is 9.67 Å². The van der Waals surface area contributed by atoms with Crippen LogP contribution in [0.25, 0.3) is 11.2 Å². The zero-order chi connectivity index (χ0) is 13.5. The summed E-state index contributed by atoms with van der Waals surface area (Å²) in [6.45, 7) is 3.42. The first-order chi connectivity index (χ1) is 8.34. The van der Waals surface area contributed by atoms with Gasteiger partial charge in [-0.15, -0.1) is 0 Å². The van der Waals surface area contributed by atoms with E-state index in [0.717, 1.165) is 0 Å². The molecule has 0 amide bonds. The molecule has 2 aromatic rings. The summed E-state index contributed by atoms with van der Waals surface area (Å²) in [4.78, 5) is 8.25. The summed E-state index contributed by atoms with van der Waals surface area (Å²) in [6, 6.07) is 1.23. The summed E-state index contributed by atoms with van der Waals surface area (Å²) >= 11 is 5.09. The Bertz CT molecular complexity index is 592. The zero-order valence-electron chi connectivity index (χ0n) is 9.91. The van der Waals surface area contributed by atoms with Crippen molar-refractivity contribution in [3.05, 3.63) is 23.1 Å². The lowest BCUT2D eigenvalue weighted by Crippen LogP contribution is -2.08. The SMILES string of the molecule is Cc1cc(C(F)(F)Cl)c2nc(C)n(CCO)c2n1. The van der Waals surface area contributed by atoms with E-state index in [0.29, 0.717) is 17.2 Å². The number of fused-ring (bicyclic) bond motifs is 1. The number of rotatable bonds is 3. The molecule has 7 heteroatoms. The molecule has 2 heterocycles. The number of imidazole rings is 1. The van der Waals surface area contributed by atoms with Gasteiger partial charge in [0, 0.05) is 12.2 Å². The predicted octanol–water partition coefficient (Wildman–Crippen LogP) is 2.33. The first kappa shape index (κ1) is 13.2. The van der Waals surface area contributed by atoms with E-state index in [4.69, 9.17) is 16.7 Å². The maximum atomic E-state index is 13.3. The Kier molecular flexibility index (Phi) is 3.25. The lowest BCUT2D eigenvalue weighted by atomic mass is 10.2. The second-order valence-corrected chi connectivity index (χ2v) is 4.49. The Labute approximate surface area is 107 Å². The molecule has 2 aromatic heterocycles. The highest BCUT2D eigenvalue weighted by Crippen LogP contribution is 2.36. The van der Waals surface area contributed by atoms with Gasteiger partial charge in [-0.1, -0.05) is 0 Å². The fourth-order valence-electron chi connectivity index (χ4n) is 1.91. The van der Waals surface area contributed by atoms with E-state index in [1.165, 1.54) is 6.07 Å². The Morgan fingerprint density at radius 3 is 2.61 bits per heavy atom. The Balaban J connectivity index is 2.79. The number of aliphatic hydroxyl groups is 1. The molecule has 98 valence electrons. The van der Waals surface area contributed by atoms with Gasteiger partial charge in [0.25, 0.3) is 0 Å². The van der Waals surface area contributed by atoms with E-state index in [1.54, 1.807) is 18.4 Å². The van der Waals surface area contributed by atoms with Gasteiger partial charge in [-0.05, 0) is 31.5 Å². The lowest BCUT2D eigenvalue weighted by molar-refractivity contribution is 0.0965. The van der Waals surface area contributed by atoms with Gasteiger partial charge in [-0.2, -0.15) is 8.78 Å². The topological polar surface area (TPSA) is 50.9 Å². The van der Waals surface area contributed by atoms with Crippen LogP contribution >= 0.6 is 11.6 Å². The van der Waals surface area contributed by atoms with Crippen molar-refractivity contribution in [2.75, 3.05) is 6.61 Å². The lowest BCUT2D eigenvalue weighted by Gasteiger charge is -2.10. The number of pyridine rings is 1. The van der Waals surface area contributed by atoms with Crippen LogP contribution in [-0.2, 0) is 11.9 Å². The van der Waals surface area contributed by atoms with E-state index < -0.39 is 5.38 Å². The van der Waals surface area contributed by atoms with Gasteiger partial charge in [0.15, 0.2) is 5.65 Å². The molecule has 0 saturated carbocycles. The van der Waals surface area contributed by atoms with Crippen molar-refractivity contribution >= 4 is 22.8 Å². The standard InChI is InChI=1S/C11H12ClF2N3O/c1-6-5-8(11(12,13)14)9-10(15-6)17(3-4-18)7(2)16-9/h5,18H,3-4H2,1-2H3. The quantitative estimate of drug-likeness (QED) is 0.875. The van der Waals surface area contributed by atoms with Gasteiger partial charge >= 0.3 is 5.38 Å². The summed E-state index contributed by atoms with van der Waals surface area (Å²) in [6.07, 6.45) is 0. The van der Waals surface area contributed by atoms with Crippen molar-refractivity contribution in [3.8, 4) is 0 Å². The van der Waals surface area contributed by atoms with Crippen molar-refractivity contribution in [1.29, 1.82) is 0 Å². The maximum Gasteiger partial charge on any atom is 0.350 e. The monoisotopic (exact) mass is 275 g/mol. The molecular weight excluding hydrogens is 264 g/mol. The summed E-state index contributed by atoms with van der Waals surface area (Å²) in [5, 5.41) is 5.48. The number of hydrogen-bond acceptors (Lipinski definition) is 3. The number of alkyl halides is 3. The molecule has 0 bridgehead atoms. The predicted molar refractivity (Wildman–Crippen MR) is 63.8 cm³/mol. The van der Waals surface area contributed by atoms with E-state index in [-0.39, 0.29) is 24.2 Å². The van der Waals surface area contributed by atoms with E-state index >= 15 is 0 Å². The van der Waals surface area contributed by atoms with Crippen molar-refractivity contribution < 1.29 is 13.9 Å². The number of aromatic nitrogens is 3. The molecule has 0 fully saturated rings. The molecule has 0 radical (unpaired) electrons. The molecular formula is C11H12ClF2N3O. The Hall–Kier alpha value is -1.27. The van der Waals surface area contributed by atoms with Gasteiger partial charge in [-0.25, -0.2) is 9.97 Å². The summed E-state index contributed by atoms with van der Waals surface area (Å²) in [5.74, 6) is 0.513. The summed E-state index contributed by atoms with van der Waals surface area (Å²) in [5.41, 5.74) is 0.465. The second-order valence-electron chi connectivity index (χ2n) is 4.02. The number of halogens is 3. The van der Waals surface area contributed by atoms with E-state index in [9.17, 15) is 8.78 Å². The molecule has 0 spiro atoms. The molecule has 2 rings (SSSR count). The van der Waals surface area contributed by atoms with Gasteiger partial charge in [0.2, 0.25) is 0 Å². The molecule has 0 aliphatic heterocycles. The fourth-order valence-corrected chi connectivity index (χ4v) is 2.05. The van der Waals surface area contributed by atoms with Crippen molar-refractivity contribution in [3.63, 3.8) is 0 Å². The highest BCUT2D eigenvalue weighted by molar-refractivity contribution is 6.22.